The second-order valence-corrected chi connectivity index (χ2v) is 6.12. The average molecular weight is 378 g/mol. The lowest BCUT2D eigenvalue weighted by Crippen LogP contribution is -2.39. The standard InChI is InChI=1S/C19H18N6O3/c26-18(14-4-6-20-7-5-14)23-21-13-15-17(24-9-11-28-12-10-24)22-16-3-1-2-8-25(16)19(15)27/h1-8,13H,9-12H2,(H,23,26)/b21-13+. The third-order valence-corrected chi connectivity index (χ3v) is 4.36. The number of nitrogens with one attached hydrogen (secondary N) is 1. The van der Waals surface area contributed by atoms with Crippen LogP contribution in [0.1, 0.15) is 15.9 Å². The van der Waals surface area contributed by atoms with Crippen LogP contribution < -0.4 is 15.9 Å². The summed E-state index contributed by atoms with van der Waals surface area (Å²) in [5, 5.41) is 3.98. The summed E-state index contributed by atoms with van der Waals surface area (Å²) in [7, 11) is 0. The van der Waals surface area contributed by atoms with E-state index in [4.69, 9.17) is 4.74 Å². The number of hydrogen-bond acceptors (Lipinski definition) is 7. The van der Waals surface area contributed by atoms with E-state index in [1.807, 2.05) is 11.0 Å². The summed E-state index contributed by atoms with van der Waals surface area (Å²) >= 11 is 0. The van der Waals surface area contributed by atoms with Gasteiger partial charge in [-0.2, -0.15) is 5.10 Å². The molecule has 4 rings (SSSR count). The molecule has 9 heteroatoms. The summed E-state index contributed by atoms with van der Waals surface area (Å²) in [6.45, 7) is 2.37. The highest BCUT2D eigenvalue weighted by Gasteiger charge is 2.19. The quantitative estimate of drug-likeness (QED) is 0.530. The summed E-state index contributed by atoms with van der Waals surface area (Å²) in [6, 6.07) is 8.52. The van der Waals surface area contributed by atoms with E-state index in [-0.39, 0.29) is 11.5 Å². The van der Waals surface area contributed by atoms with E-state index in [0.717, 1.165) is 0 Å². The third kappa shape index (κ3) is 3.60. The van der Waals surface area contributed by atoms with Crippen LogP contribution in [-0.2, 0) is 4.74 Å². The Kier molecular flexibility index (Phi) is 5.07. The van der Waals surface area contributed by atoms with Gasteiger partial charge >= 0.3 is 0 Å². The van der Waals surface area contributed by atoms with Gasteiger partial charge in [-0.25, -0.2) is 10.4 Å². The molecule has 0 bridgehead atoms. The molecule has 1 amide bonds. The van der Waals surface area contributed by atoms with Gasteiger partial charge in [0.2, 0.25) is 0 Å². The SMILES string of the molecule is O=C(N/N=C/c1c(N2CCOCC2)nc2ccccn2c1=O)c1ccncc1. The minimum atomic E-state index is -0.388. The van der Waals surface area contributed by atoms with E-state index in [1.54, 1.807) is 30.5 Å². The van der Waals surface area contributed by atoms with Crippen molar-refractivity contribution in [1.29, 1.82) is 0 Å². The summed E-state index contributed by atoms with van der Waals surface area (Å²) in [6.07, 6.45) is 6.04. The van der Waals surface area contributed by atoms with E-state index in [9.17, 15) is 9.59 Å². The van der Waals surface area contributed by atoms with Gasteiger partial charge in [0, 0.05) is 37.2 Å². The van der Waals surface area contributed by atoms with Crippen molar-refractivity contribution >= 4 is 23.6 Å². The number of fused-ring (bicyclic) bond motifs is 1. The number of carbonyl (C=O) groups is 1. The normalized spacial score (nSPS) is 14.5. The molecule has 142 valence electrons. The van der Waals surface area contributed by atoms with Gasteiger partial charge in [-0.3, -0.25) is 19.0 Å². The number of pyridine rings is 2. The first-order chi connectivity index (χ1) is 13.7. The molecular weight excluding hydrogens is 360 g/mol. The number of ether oxygens (including phenoxy) is 1. The maximum Gasteiger partial charge on any atom is 0.271 e. The molecule has 0 saturated carbocycles. The van der Waals surface area contributed by atoms with E-state index in [1.165, 1.54) is 23.0 Å². The van der Waals surface area contributed by atoms with Crippen molar-refractivity contribution in [2.45, 2.75) is 0 Å². The number of anilines is 1. The predicted molar refractivity (Wildman–Crippen MR) is 104 cm³/mol. The van der Waals surface area contributed by atoms with Crippen molar-refractivity contribution in [2.75, 3.05) is 31.2 Å². The fourth-order valence-electron chi connectivity index (χ4n) is 2.94. The molecule has 1 fully saturated rings. The van der Waals surface area contributed by atoms with Crippen LogP contribution >= 0.6 is 0 Å². The highest BCUT2D eigenvalue weighted by molar-refractivity contribution is 5.95. The van der Waals surface area contributed by atoms with Gasteiger partial charge in [-0.05, 0) is 24.3 Å². The smallest absolute Gasteiger partial charge is 0.271 e. The lowest BCUT2D eigenvalue weighted by atomic mass is 10.2. The zero-order chi connectivity index (χ0) is 19.3. The Balaban J connectivity index is 1.69. The summed E-state index contributed by atoms with van der Waals surface area (Å²) in [5.41, 5.74) is 3.46. The van der Waals surface area contributed by atoms with Crippen molar-refractivity contribution in [3.05, 3.63) is 70.4 Å². The minimum Gasteiger partial charge on any atom is -0.378 e. The van der Waals surface area contributed by atoms with Crippen molar-refractivity contribution in [2.24, 2.45) is 5.10 Å². The van der Waals surface area contributed by atoms with Crippen LogP contribution in [0.5, 0.6) is 0 Å². The lowest BCUT2D eigenvalue weighted by Gasteiger charge is -2.28. The molecule has 0 aliphatic carbocycles. The van der Waals surface area contributed by atoms with Gasteiger partial charge < -0.3 is 9.64 Å². The van der Waals surface area contributed by atoms with Crippen molar-refractivity contribution in [1.82, 2.24) is 19.8 Å². The van der Waals surface area contributed by atoms with E-state index < -0.39 is 0 Å². The molecule has 28 heavy (non-hydrogen) atoms. The third-order valence-electron chi connectivity index (χ3n) is 4.36. The van der Waals surface area contributed by atoms with Crippen LogP contribution in [0.4, 0.5) is 5.82 Å². The molecular formula is C19H18N6O3. The minimum absolute atomic E-state index is 0.256. The Bertz CT molecular complexity index is 1070. The molecule has 1 aliphatic rings. The summed E-state index contributed by atoms with van der Waals surface area (Å²) in [5.74, 6) is 0.141. The second kappa shape index (κ2) is 7.97. The highest BCUT2D eigenvalue weighted by Crippen LogP contribution is 2.16. The van der Waals surface area contributed by atoms with Crippen LogP contribution in [0.3, 0.4) is 0 Å². The lowest BCUT2D eigenvalue weighted by molar-refractivity contribution is 0.0955. The Labute approximate surface area is 160 Å². The Morgan fingerprint density at radius 1 is 1.18 bits per heavy atom. The van der Waals surface area contributed by atoms with Gasteiger partial charge in [0.15, 0.2) is 0 Å². The molecule has 0 unspecified atom stereocenters. The molecule has 0 atom stereocenters. The van der Waals surface area contributed by atoms with E-state index in [0.29, 0.717) is 48.9 Å². The Morgan fingerprint density at radius 3 is 2.75 bits per heavy atom. The fourth-order valence-corrected chi connectivity index (χ4v) is 2.94. The number of amides is 1. The number of hydrazone groups is 1. The van der Waals surface area contributed by atoms with E-state index in [2.05, 4.69) is 20.5 Å². The van der Waals surface area contributed by atoms with E-state index >= 15 is 0 Å². The van der Waals surface area contributed by atoms with Crippen LogP contribution in [0, 0.1) is 0 Å². The predicted octanol–water partition coefficient (Wildman–Crippen LogP) is 0.690. The topological polar surface area (TPSA) is 101 Å². The fraction of sp³-hybridized carbons (Fsp3) is 0.211. The largest absolute Gasteiger partial charge is 0.378 e. The molecule has 0 spiro atoms. The molecule has 0 radical (unpaired) electrons. The van der Waals surface area contributed by atoms with Crippen LogP contribution in [-0.4, -0.2) is 52.8 Å². The Morgan fingerprint density at radius 2 is 1.96 bits per heavy atom. The van der Waals surface area contributed by atoms with Gasteiger partial charge in [0.05, 0.1) is 19.4 Å². The first-order valence-corrected chi connectivity index (χ1v) is 8.81. The second-order valence-electron chi connectivity index (χ2n) is 6.12. The maximum atomic E-state index is 13.0. The first kappa shape index (κ1) is 17.8. The van der Waals surface area contributed by atoms with Crippen molar-refractivity contribution < 1.29 is 9.53 Å². The molecule has 9 nitrogen and oxygen atoms in total. The molecule has 1 N–H and O–H groups in total. The molecule has 1 aliphatic heterocycles. The van der Waals surface area contributed by atoms with Crippen LogP contribution in [0.15, 0.2) is 58.8 Å². The van der Waals surface area contributed by atoms with Gasteiger partial charge in [0.25, 0.3) is 11.5 Å². The molecule has 1 saturated heterocycles. The molecule has 3 aromatic rings. The summed E-state index contributed by atoms with van der Waals surface area (Å²) in [4.78, 5) is 35.6. The van der Waals surface area contributed by atoms with Crippen LogP contribution in [0.2, 0.25) is 0 Å². The highest BCUT2D eigenvalue weighted by atomic mass is 16.5. The van der Waals surface area contributed by atoms with Gasteiger partial charge in [-0.15, -0.1) is 0 Å². The maximum absolute atomic E-state index is 13.0. The number of hydrogen-bond donors (Lipinski definition) is 1. The van der Waals surface area contributed by atoms with Crippen molar-refractivity contribution in [3.8, 4) is 0 Å². The van der Waals surface area contributed by atoms with Gasteiger partial charge in [0.1, 0.15) is 17.0 Å². The average Bonchev–Trinajstić information content (AvgIpc) is 2.76. The number of rotatable bonds is 4. The summed E-state index contributed by atoms with van der Waals surface area (Å²) < 4.78 is 6.85. The zero-order valence-corrected chi connectivity index (χ0v) is 15.0. The number of aromatic nitrogens is 3. The van der Waals surface area contributed by atoms with Crippen molar-refractivity contribution in [3.63, 3.8) is 0 Å². The first-order valence-electron chi connectivity index (χ1n) is 8.81. The number of morpholine rings is 1. The molecule has 0 aromatic carbocycles. The zero-order valence-electron chi connectivity index (χ0n) is 15.0. The van der Waals surface area contributed by atoms with Crippen LogP contribution in [0.25, 0.3) is 5.65 Å². The van der Waals surface area contributed by atoms with Gasteiger partial charge in [-0.1, -0.05) is 6.07 Å². The number of carbonyl (C=O) groups excluding carboxylic acids is 1. The number of nitrogens with zero attached hydrogens (tertiary/aromatic N) is 5. The molecule has 4 heterocycles. The molecule has 3 aromatic heterocycles. The monoisotopic (exact) mass is 378 g/mol. The Hall–Kier alpha value is -3.59.